The molecule has 1 atom stereocenters. The molecule has 1 unspecified atom stereocenters. The van der Waals surface area contributed by atoms with E-state index in [2.05, 4.69) is 16.8 Å². The number of hydrogen-bond donors (Lipinski definition) is 1. The van der Waals surface area contributed by atoms with Gasteiger partial charge in [0.2, 0.25) is 0 Å². The third kappa shape index (κ3) is 3.59. The Kier molecular flexibility index (Phi) is 4.65. The third-order valence-corrected chi connectivity index (χ3v) is 4.13. The molecule has 0 amide bonds. The van der Waals surface area contributed by atoms with Gasteiger partial charge >= 0.3 is 0 Å². The van der Waals surface area contributed by atoms with Gasteiger partial charge in [0.1, 0.15) is 0 Å². The highest BCUT2D eigenvalue weighted by atomic mass is 32.2. The van der Waals surface area contributed by atoms with Crippen LogP contribution in [0.25, 0.3) is 0 Å². The number of rotatable bonds is 4. The van der Waals surface area contributed by atoms with E-state index in [4.69, 9.17) is 10.5 Å². The number of morpholine rings is 1. The predicted molar refractivity (Wildman–Crippen MR) is 71.2 cm³/mol. The minimum atomic E-state index is 0.307. The third-order valence-electron chi connectivity index (χ3n) is 2.90. The smallest absolute Gasteiger partial charge is 0.0796 e. The van der Waals surface area contributed by atoms with Crippen molar-refractivity contribution in [1.29, 1.82) is 0 Å². The van der Waals surface area contributed by atoms with Crippen molar-refractivity contribution in [2.24, 2.45) is 0 Å². The maximum Gasteiger partial charge on any atom is 0.0796 e. The van der Waals surface area contributed by atoms with E-state index in [0.29, 0.717) is 6.10 Å². The van der Waals surface area contributed by atoms with Crippen molar-refractivity contribution in [2.45, 2.75) is 17.9 Å². The maximum absolute atomic E-state index is 5.86. The zero-order valence-corrected chi connectivity index (χ0v) is 10.9. The summed E-state index contributed by atoms with van der Waals surface area (Å²) in [5.74, 6) is 0.949. The van der Waals surface area contributed by atoms with Crippen LogP contribution in [0.3, 0.4) is 0 Å². The van der Waals surface area contributed by atoms with Crippen LogP contribution in [0.4, 0.5) is 5.69 Å². The van der Waals surface area contributed by atoms with Gasteiger partial charge in [-0.3, -0.25) is 9.88 Å². The predicted octanol–water partition coefficient (Wildman–Crippen LogP) is 1.48. The summed E-state index contributed by atoms with van der Waals surface area (Å²) >= 11 is 1.75. The molecule has 0 saturated carbocycles. The molecule has 1 aromatic heterocycles. The van der Waals surface area contributed by atoms with Crippen molar-refractivity contribution in [1.82, 2.24) is 9.88 Å². The summed E-state index contributed by atoms with van der Waals surface area (Å²) in [6.45, 7) is 6.20. The van der Waals surface area contributed by atoms with E-state index in [-0.39, 0.29) is 0 Å². The van der Waals surface area contributed by atoms with Gasteiger partial charge < -0.3 is 10.5 Å². The maximum atomic E-state index is 5.86. The van der Waals surface area contributed by atoms with E-state index in [1.807, 2.05) is 6.07 Å². The van der Waals surface area contributed by atoms with Gasteiger partial charge in [-0.25, -0.2) is 0 Å². The van der Waals surface area contributed by atoms with Crippen LogP contribution in [0.2, 0.25) is 0 Å². The Labute approximate surface area is 107 Å². The van der Waals surface area contributed by atoms with Crippen LogP contribution in [0, 0.1) is 0 Å². The Morgan fingerprint density at radius 2 is 2.53 bits per heavy atom. The second-order valence-electron chi connectivity index (χ2n) is 4.11. The lowest BCUT2D eigenvalue weighted by Gasteiger charge is -2.31. The molecule has 0 spiro atoms. The van der Waals surface area contributed by atoms with E-state index in [1.165, 1.54) is 0 Å². The molecule has 17 heavy (non-hydrogen) atoms. The largest absolute Gasteiger partial charge is 0.397 e. The molecule has 0 bridgehead atoms. The monoisotopic (exact) mass is 253 g/mol. The number of hydrogen-bond acceptors (Lipinski definition) is 5. The number of thioether (sulfide) groups is 1. The molecular weight excluding hydrogens is 234 g/mol. The minimum Gasteiger partial charge on any atom is -0.397 e. The molecule has 0 aliphatic carbocycles. The van der Waals surface area contributed by atoms with Crippen LogP contribution in [0.1, 0.15) is 6.92 Å². The Bertz CT molecular complexity index is 361. The van der Waals surface area contributed by atoms with Crippen LogP contribution in [-0.4, -0.2) is 48.0 Å². The Morgan fingerprint density at radius 1 is 1.65 bits per heavy atom. The Morgan fingerprint density at radius 3 is 3.29 bits per heavy atom. The van der Waals surface area contributed by atoms with E-state index >= 15 is 0 Å². The number of aromatic nitrogens is 1. The van der Waals surface area contributed by atoms with Gasteiger partial charge in [-0.2, -0.15) is 0 Å². The molecular formula is C12H19N3OS. The number of pyridine rings is 1. The molecule has 2 rings (SSSR count). The molecule has 1 fully saturated rings. The quantitative estimate of drug-likeness (QED) is 0.824. The first-order valence-corrected chi connectivity index (χ1v) is 6.94. The SMILES string of the molecule is CCN1CCOC(CSc2ccncc2N)C1. The molecule has 5 heteroatoms. The number of ether oxygens (including phenoxy) is 1. The number of nitrogens with zero attached hydrogens (tertiary/aromatic N) is 2. The van der Waals surface area contributed by atoms with Crippen molar-refractivity contribution in [3.05, 3.63) is 18.5 Å². The lowest BCUT2D eigenvalue weighted by atomic mass is 10.3. The van der Waals surface area contributed by atoms with Crippen molar-refractivity contribution in [3.8, 4) is 0 Å². The van der Waals surface area contributed by atoms with Gasteiger partial charge in [0.25, 0.3) is 0 Å². The van der Waals surface area contributed by atoms with Crippen LogP contribution in [0.5, 0.6) is 0 Å². The fourth-order valence-electron chi connectivity index (χ4n) is 1.88. The molecule has 4 nitrogen and oxygen atoms in total. The van der Waals surface area contributed by atoms with Crippen molar-refractivity contribution < 1.29 is 4.74 Å². The Balaban J connectivity index is 1.84. The summed E-state index contributed by atoms with van der Waals surface area (Å²) in [5, 5.41) is 0. The van der Waals surface area contributed by atoms with Gasteiger partial charge in [0.05, 0.1) is 24.6 Å². The summed E-state index contributed by atoms with van der Waals surface area (Å²) in [7, 11) is 0. The molecule has 1 saturated heterocycles. The molecule has 1 aliphatic rings. The topological polar surface area (TPSA) is 51.4 Å². The average molecular weight is 253 g/mol. The molecule has 94 valence electrons. The van der Waals surface area contributed by atoms with Gasteiger partial charge in [0, 0.05) is 29.9 Å². The first-order chi connectivity index (χ1) is 8.29. The zero-order valence-electron chi connectivity index (χ0n) is 10.1. The highest BCUT2D eigenvalue weighted by Crippen LogP contribution is 2.25. The van der Waals surface area contributed by atoms with Gasteiger partial charge in [-0.15, -0.1) is 11.8 Å². The number of likely N-dealkylation sites (N-methyl/N-ethyl adjacent to an activating group) is 1. The molecule has 1 aliphatic heterocycles. The normalized spacial score (nSPS) is 21.6. The second-order valence-corrected chi connectivity index (χ2v) is 5.17. The average Bonchev–Trinajstić information content (AvgIpc) is 2.38. The zero-order chi connectivity index (χ0) is 12.1. The molecule has 2 heterocycles. The number of nitrogen functional groups attached to an aromatic ring is 1. The van der Waals surface area contributed by atoms with Crippen molar-refractivity contribution in [3.63, 3.8) is 0 Å². The summed E-state index contributed by atoms with van der Waals surface area (Å²) in [5.41, 5.74) is 6.61. The first-order valence-electron chi connectivity index (χ1n) is 5.96. The lowest BCUT2D eigenvalue weighted by Crippen LogP contribution is -2.43. The van der Waals surface area contributed by atoms with Crippen LogP contribution in [0.15, 0.2) is 23.4 Å². The lowest BCUT2D eigenvalue weighted by molar-refractivity contribution is -0.0137. The molecule has 0 aromatic carbocycles. The summed E-state index contributed by atoms with van der Waals surface area (Å²) < 4.78 is 5.75. The molecule has 2 N–H and O–H groups in total. The van der Waals surface area contributed by atoms with E-state index in [0.717, 1.165) is 42.6 Å². The van der Waals surface area contributed by atoms with Crippen LogP contribution >= 0.6 is 11.8 Å². The van der Waals surface area contributed by atoms with Gasteiger partial charge in [-0.1, -0.05) is 6.92 Å². The van der Waals surface area contributed by atoms with Crippen molar-refractivity contribution >= 4 is 17.4 Å². The number of nitrogens with two attached hydrogens (primary N) is 1. The Hall–Kier alpha value is -0.780. The van der Waals surface area contributed by atoms with E-state index < -0.39 is 0 Å². The van der Waals surface area contributed by atoms with Crippen molar-refractivity contribution in [2.75, 3.05) is 37.7 Å². The fourth-order valence-corrected chi connectivity index (χ4v) is 2.82. The fraction of sp³-hybridized carbons (Fsp3) is 0.583. The highest BCUT2D eigenvalue weighted by Gasteiger charge is 2.19. The summed E-state index contributed by atoms with van der Waals surface area (Å²) in [4.78, 5) is 7.50. The van der Waals surface area contributed by atoms with E-state index in [9.17, 15) is 0 Å². The summed E-state index contributed by atoms with van der Waals surface area (Å²) in [6.07, 6.45) is 3.78. The molecule has 1 aromatic rings. The van der Waals surface area contributed by atoms with Crippen LogP contribution in [-0.2, 0) is 4.74 Å². The summed E-state index contributed by atoms with van der Waals surface area (Å²) in [6, 6.07) is 1.96. The minimum absolute atomic E-state index is 0.307. The first kappa shape index (κ1) is 12.7. The second kappa shape index (κ2) is 6.23. The van der Waals surface area contributed by atoms with Gasteiger partial charge in [0.15, 0.2) is 0 Å². The van der Waals surface area contributed by atoms with Crippen LogP contribution < -0.4 is 5.73 Å². The van der Waals surface area contributed by atoms with Gasteiger partial charge in [-0.05, 0) is 12.6 Å². The van der Waals surface area contributed by atoms with E-state index in [1.54, 1.807) is 24.2 Å². The standard InChI is InChI=1S/C12H19N3OS/c1-2-15-5-6-16-10(8-15)9-17-12-3-4-14-7-11(12)13/h3-4,7,10H,2,5-6,8-9,13H2,1H3. The number of anilines is 1. The highest BCUT2D eigenvalue weighted by molar-refractivity contribution is 7.99. The molecule has 0 radical (unpaired) electrons.